The summed E-state index contributed by atoms with van der Waals surface area (Å²) in [5, 5.41) is 3.23. The molecule has 14 heavy (non-hydrogen) atoms. The Labute approximate surface area is 91.2 Å². The van der Waals surface area contributed by atoms with Crippen LogP contribution in [0.15, 0.2) is 0 Å². The number of amides is 1. The quantitative estimate of drug-likeness (QED) is 0.635. The standard InChI is InChI=1S/C10H22N2OS/c1-8(2)12-10(3,9(11)13)6-5-7-14-4/h8,12H,5-7H2,1-4H3,(H2,11,13). The summed E-state index contributed by atoms with van der Waals surface area (Å²) < 4.78 is 0. The van der Waals surface area contributed by atoms with Crippen LogP contribution in [0.1, 0.15) is 33.6 Å². The van der Waals surface area contributed by atoms with E-state index in [1.165, 1.54) is 0 Å². The number of carbonyl (C=O) groups excluding carboxylic acids is 1. The van der Waals surface area contributed by atoms with Crippen molar-refractivity contribution in [3.8, 4) is 0 Å². The van der Waals surface area contributed by atoms with Crippen LogP contribution in [0, 0.1) is 0 Å². The van der Waals surface area contributed by atoms with Gasteiger partial charge in [0.2, 0.25) is 5.91 Å². The Bertz CT molecular complexity index is 185. The molecule has 0 rings (SSSR count). The Morgan fingerprint density at radius 2 is 2.14 bits per heavy atom. The van der Waals surface area contributed by atoms with Crippen LogP contribution < -0.4 is 11.1 Å². The zero-order chi connectivity index (χ0) is 11.2. The van der Waals surface area contributed by atoms with Gasteiger partial charge in [-0.2, -0.15) is 11.8 Å². The van der Waals surface area contributed by atoms with Gasteiger partial charge in [-0.1, -0.05) is 0 Å². The van der Waals surface area contributed by atoms with Gasteiger partial charge in [0.05, 0.1) is 5.54 Å². The number of thioether (sulfide) groups is 1. The number of carbonyl (C=O) groups is 1. The first-order chi connectivity index (χ1) is 6.42. The van der Waals surface area contributed by atoms with Crippen LogP contribution in [0.5, 0.6) is 0 Å². The molecule has 3 nitrogen and oxygen atoms in total. The molecule has 0 radical (unpaired) electrons. The average molecular weight is 218 g/mol. The minimum Gasteiger partial charge on any atom is -0.368 e. The molecule has 0 spiro atoms. The smallest absolute Gasteiger partial charge is 0.237 e. The van der Waals surface area contributed by atoms with Crippen LogP contribution in [0.25, 0.3) is 0 Å². The van der Waals surface area contributed by atoms with E-state index in [0.717, 1.165) is 18.6 Å². The summed E-state index contributed by atoms with van der Waals surface area (Å²) in [6.07, 6.45) is 3.89. The molecule has 0 aliphatic heterocycles. The van der Waals surface area contributed by atoms with E-state index in [0.29, 0.717) is 0 Å². The molecular weight excluding hydrogens is 196 g/mol. The molecule has 4 heteroatoms. The summed E-state index contributed by atoms with van der Waals surface area (Å²) in [7, 11) is 0. The fraction of sp³-hybridized carbons (Fsp3) is 0.900. The average Bonchev–Trinajstić information content (AvgIpc) is 2.03. The van der Waals surface area contributed by atoms with E-state index in [1.807, 2.05) is 20.8 Å². The Hall–Kier alpha value is -0.220. The van der Waals surface area contributed by atoms with E-state index < -0.39 is 5.54 Å². The molecule has 0 heterocycles. The number of rotatable bonds is 7. The molecule has 1 atom stereocenters. The van der Waals surface area contributed by atoms with Gasteiger partial charge in [-0.15, -0.1) is 0 Å². The Morgan fingerprint density at radius 1 is 1.57 bits per heavy atom. The van der Waals surface area contributed by atoms with Crippen LogP contribution in [0.4, 0.5) is 0 Å². The summed E-state index contributed by atoms with van der Waals surface area (Å²) in [5.41, 5.74) is 4.84. The first kappa shape index (κ1) is 13.8. The van der Waals surface area contributed by atoms with E-state index in [9.17, 15) is 4.79 Å². The van der Waals surface area contributed by atoms with Crippen LogP contribution in [0.3, 0.4) is 0 Å². The van der Waals surface area contributed by atoms with Crippen LogP contribution in [-0.4, -0.2) is 29.5 Å². The lowest BCUT2D eigenvalue weighted by Gasteiger charge is -2.29. The molecule has 0 aromatic heterocycles. The van der Waals surface area contributed by atoms with Gasteiger partial charge < -0.3 is 11.1 Å². The van der Waals surface area contributed by atoms with E-state index in [4.69, 9.17) is 5.73 Å². The van der Waals surface area contributed by atoms with Gasteiger partial charge >= 0.3 is 0 Å². The van der Waals surface area contributed by atoms with Crippen molar-refractivity contribution >= 4 is 17.7 Å². The monoisotopic (exact) mass is 218 g/mol. The van der Waals surface area contributed by atoms with Crippen molar-refractivity contribution in [2.45, 2.75) is 45.2 Å². The fourth-order valence-corrected chi connectivity index (χ4v) is 1.91. The minimum atomic E-state index is -0.552. The zero-order valence-electron chi connectivity index (χ0n) is 9.59. The van der Waals surface area contributed by atoms with Crippen molar-refractivity contribution in [2.24, 2.45) is 5.73 Å². The highest BCUT2D eigenvalue weighted by Crippen LogP contribution is 2.14. The second kappa shape index (κ2) is 6.30. The predicted molar refractivity (Wildman–Crippen MR) is 63.5 cm³/mol. The molecule has 84 valence electrons. The largest absolute Gasteiger partial charge is 0.368 e. The van der Waals surface area contributed by atoms with Crippen molar-refractivity contribution in [1.82, 2.24) is 5.32 Å². The van der Waals surface area contributed by atoms with Crippen LogP contribution in [-0.2, 0) is 4.79 Å². The molecule has 1 amide bonds. The van der Waals surface area contributed by atoms with Crippen molar-refractivity contribution in [1.29, 1.82) is 0 Å². The SMILES string of the molecule is CSCCCC(C)(NC(C)C)C(N)=O. The number of hydrogen-bond acceptors (Lipinski definition) is 3. The minimum absolute atomic E-state index is 0.257. The lowest BCUT2D eigenvalue weighted by atomic mass is 9.94. The first-order valence-corrected chi connectivity index (χ1v) is 6.38. The maximum Gasteiger partial charge on any atom is 0.237 e. The lowest BCUT2D eigenvalue weighted by molar-refractivity contribution is -0.124. The van der Waals surface area contributed by atoms with Gasteiger partial charge in [-0.05, 0) is 45.6 Å². The van der Waals surface area contributed by atoms with Gasteiger partial charge in [0.1, 0.15) is 0 Å². The summed E-state index contributed by atoms with van der Waals surface area (Å²) in [6.45, 7) is 5.93. The van der Waals surface area contributed by atoms with E-state index in [2.05, 4.69) is 11.6 Å². The first-order valence-electron chi connectivity index (χ1n) is 4.99. The molecule has 0 aliphatic rings. The summed E-state index contributed by atoms with van der Waals surface area (Å²) in [5.74, 6) is 0.815. The molecule has 0 saturated heterocycles. The van der Waals surface area contributed by atoms with Crippen molar-refractivity contribution < 1.29 is 4.79 Å². The number of primary amides is 1. The van der Waals surface area contributed by atoms with Crippen LogP contribution >= 0.6 is 11.8 Å². The second-order valence-corrected chi connectivity index (χ2v) is 5.08. The molecule has 0 aromatic rings. The van der Waals surface area contributed by atoms with E-state index >= 15 is 0 Å². The Balaban J connectivity index is 4.17. The third-order valence-corrected chi connectivity index (χ3v) is 2.87. The third kappa shape index (κ3) is 4.86. The summed E-state index contributed by atoms with van der Waals surface area (Å²) >= 11 is 1.79. The zero-order valence-corrected chi connectivity index (χ0v) is 10.4. The summed E-state index contributed by atoms with van der Waals surface area (Å²) in [6, 6.07) is 0.279. The maximum absolute atomic E-state index is 11.3. The molecule has 0 fully saturated rings. The van der Waals surface area contributed by atoms with E-state index in [1.54, 1.807) is 11.8 Å². The Morgan fingerprint density at radius 3 is 2.50 bits per heavy atom. The molecule has 0 saturated carbocycles. The number of nitrogens with two attached hydrogens (primary N) is 1. The highest BCUT2D eigenvalue weighted by molar-refractivity contribution is 7.98. The molecule has 3 N–H and O–H groups in total. The molecular formula is C10H22N2OS. The predicted octanol–water partition coefficient (Wildman–Crippen LogP) is 1.37. The number of hydrogen-bond donors (Lipinski definition) is 2. The Kier molecular flexibility index (Phi) is 6.20. The van der Waals surface area contributed by atoms with Crippen molar-refractivity contribution in [3.63, 3.8) is 0 Å². The summed E-state index contributed by atoms with van der Waals surface area (Å²) in [4.78, 5) is 11.3. The fourth-order valence-electron chi connectivity index (χ4n) is 1.47. The second-order valence-electron chi connectivity index (χ2n) is 4.09. The van der Waals surface area contributed by atoms with E-state index in [-0.39, 0.29) is 11.9 Å². The maximum atomic E-state index is 11.3. The molecule has 1 unspecified atom stereocenters. The highest BCUT2D eigenvalue weighted by atomic mass is 32.2. The van der Waals surface area contributed by atoms with Crippen LogP contribution in [0.2, 0.25) is 0 Å². The van der Waals surface area contributed by atoms with Gasteiger partial charge in [-0.3, -0.25) is 4.79 Å². The van der Waals surface area contributed by atoms with Gasteiger partial charge in [0, 0.05) is 6.04 Å². The number of nitrogens with one attached hydrogen (secondary N) is 1. The highest BCUT2D eigenvalue weighted by Gasteiger charge is 2.30. The normalized spacial score (nSPS) is 15.5. The molecule has 0 aromatic carbocycles. The molecule has 0 aliphatic carbocycles. The van der Waals surface area contributed by atoms with Gasteiger partial charge in [0.15, 0.2) is 0 Å². The van der Waals surface area contributed by atoms with Crippen molar-refractivity contribution in [2.75, 3.05) is 12.0 Å². The lowest BCUT2D eigenvalue weighted by Crippen LogP contribution is -2.55. The van der Waals surface area contributed by atoms with Gasteiger partial charge in [0.25, 0.3) is 0 Å². The topological polar surface area (TPSA) is 55.1 Å². The van der Waals surface area contributed by atoms with Crippen molar-refractivity contribution in [3.05, 3.63) is 0 Å². The molecule has 0 bridgehead atoms. The van der Waals surface area contributed by atoms with Gasteiger partial charge in [-0.25, -0.2) is 0 Å². The third-order valence-electron chi connectivity index (χ3n) is 2.18.